The first-order valence-electron chi connectivity index (χ1n) is 7.93. The molecule has 2 fully saturated rings. The average molecular weight is 299 g/mol. The predicted molar refractivity (Wildman–Crippen MR) is 75.2 cm³/mol. The van der Waals surface area contributed by atoms with E-state index in [-0.39, 0.29) is 6.42 Å². The lowest BCUT2D eigenvalue weighted by atomic mass is 9.96. The van der Waals surface area contributed by atoms with Crippen LogP contribution in [0.3, 0.4) is 0 Å². The summed E-state index contributed by atoms with van der Waals surface area (Å²) in [6.45, 7) is 0.629. The van der Waals surface area contributed by atoms with Crippen LogP contribution in [0.5, 0.6) is 0 Å². The molecule has 2 rings (SSSR count). The van der Waals surface area contributed by atoms with E-state index < -0.39 is 18.3 Å². The molecule has 1 amide bonds. The normalized spacial score (nSPS) is 24.7. The summed E-state index contributed by atoms with van der Waals surface area (Å²) >= 11 is 0. The fraction of sp³-hybridized carbons (Fsp3) is 0.867. The highest BCUT2D eigenvalue weighted by Gasteiger charge is 2.29. The van der Waals surface area contributed by atoms with Gasteiger partial charge in [0.15, 0.2) is 6.29 Å². The maximum atomic E-state index is 11.3. The van der Waals surface area contributed by atoms with Crippen molar-refractivity contribution in [1.29, 1.82) is 0 Å². The van der Waals surface area contributed by atoms with E-state index in [2.05, 4.69) is 0 Å². The van der Waals surface area contributed by atoms with E-state index in [1.165, 1.54) is 17.9 Å². The molecule has 120 valence electrons. The molecule has 0 spiro atoms. The van der Waals surface area contributed by atoms with Gasteiger partial charge in [-0.2, -0.15) is 0 Å². The number of hydrogen-bond donors (Lipinski definition) is 1. The summed E-state index contributed by atoms with van der Waals surface area (Å²) in [4.78, 5) is 28.0. The zero-order valence-electron chi connectivity index (χ0n) is 12.4. The maximum absolute atomic E-state index is 11.3. The molecule has 0 bridgehead atoms. The van der Waals surface area contributed by atoms with Crippen LogP contribution in [0.1, 0.15) is 57.8 Å². The highest BCUT2D eigenvalue weighted by atomic mass is 16.8. The Morgan fingerprint density at radius 2 is 2.00 bits per heavy atom. The number of ether oxygens (including phenoxy) is 1. The number of hydroxylamine groups is 2. The molecule has 0 aromatic rings. The number of carbonyl (C=O) groups excluding carboxylic acids is 1. The minimum Gasteiger partial charge on any atom is -0.481 e. The van der Waals surface area contributed by atoms with Gasteiger partial charge in [0.1, 0.15) is 0 Å². The van der Waals surface area contributed by atoms with Gasteiger partial charge in [-0.15, -0.1) is 0 Å². The van der Waals surface area contributed by atoms with Crippen molar-refractivity contribution in [2.45, 2.75) is 70.1 Å². The number of carboxylic acid groups (broad SMARTS) is 1. The number of aliphatic carboxylic acids is 1. The number of nitrogens with zero attached hydrogens (tertiary/aromatic N) is 1. The van der Waals surface area contributed by atoms with E-state index in [1.807, 2.05) is 0 Å². The zero-order valence-corrected chi connectivity index (χ0v) is 12.4. The Morgan fingerprint density at radius 3 is 2.57 bits per heavy atom. The molecule has 6 heteroatoms. The zero-order chi connectivity index (χ0) is 15.1. The van der Waals surface area contributed by atoms with Crippen LogP contribution < -0.4 is 0 Å². The quantitative estimate of drug-likeness (QED) is 0.550. The van der Waals surface area contributed by atoms with Gasteiger partial charge in [-0.05, 0) is 25.2 Å². The Morgan fingerprint density at radius 1 is 1.29 bits per heavy atom. The first-order valence-corrected chi connectivity index (χ1v) is 7.93. The maximum Gasteiger partial charge on any atom is 0.305 e. The average Bonchev–Trinajstić information content (AvgIpc) is 2.98. The first kappa shape index (κ1) is 16.2. The Bertz CT molecular complexity index is 337. The third-order valence-corrected chi connectivity index (χ3v) is 4.33. The van der Waals surface area contributed by atoms with E-state index in [0.29, 0.717) is 25.4 Å². The fourth-order valence-electron chi connectivity index (χ4n) is 3.24. The topological polar surface area (TPSA) is 76.1 Å². The van der Waals surface area contributed by atoms with E-state index in [1.54, 1.807) is 0 Å². The van der Waals surface area contributed by atoms with Crippen molar-refractivity contribution in [3.8, 4) is 0 Å². The summed E-state index contributed by atoms with van der Waals surface area (Å²) in [5.74, 6) is -0.411. The Kier molecular flexibility index (Phi) is 6.45. The summed E-state index contributed by atoms with van der Waals surface area (Å²) < 4.78 is 5.47. The molecule has 1 saturated heterocycles. The second-order valence-electron chi connectivity index (χ2n) is 6.00. The molecule has 1 saturated carbocycles. The SMILES string of the molecule is O=CN(OC1CCCCO1)C(CC(=O)O)CC1CCCC1. The number of carboxylic acids is 1. The van der Waals surface area contributed by atoms with Crippen molar-refractivity contribution >= 4 is 12.4 Å². The fourth-order valence-corrected chi connectivity index (χ4v) is 3.24. The molecule has 1 heterocycles. The molecule has 21 heavy (non-hydrogen) atoms. The van der Waals surface area contributed by atoms with Crippen LogP contribution in [0, 0.1) is 5.92 Å². The van der Waals surface area contributed by atoms with Crippen molar-refractivity contribution in [2.24, 2.45) is 5.92 Å². The van der Waals surface area contributed by atoms with Gasteiger partial charge < -0.3 is 9.84 Å². The van der Waals surface area contributed by atoms with Gasteiger partial charge in [0.05, 0.1) is 12.5 Å². The van der Waals surface area contributed by atoms with Gasteiger partial charge in [-0.25, -0.2) is 9.90 Å². The lowest BCUT2D eigenvalue weighted by Crippen LogP contribution is -2.41. The van der Waals surface area contributed by atoms with Crippen molar-refractivity contribution in [1.82, 2.24) is 5.06 Å². The summed E-state index contributed by atoms with van der Waals surface area (Å²) in [6, 6.07) is -0.409. The molecule has 2 atom stereocenters. The van der Waals surface area contributed by atoms with Crippen LogP contribution >= 0.6 is 0 Å². The van der Waals surface area contributed by atoms with Gasteiger partial charge in [0, 0.05) is 13.0 Å². The standard InChI is InChI=1S/C15H25NO5/c17-11-16(21-15-7-3-4-8-20-15)13(10-14(18)19)9-12-5-1-2-6-12/h11-13,15H,1-10H2,(H,18,19). The van der Waals surface area contributed by atoms with Gasteiger partial charge in [0.2, 0.25) is 6.41 Å². The van der Waals surface area contributed by atoms with Crippen molar-refractivity contribution in [3.63, 3.8) is 0 Å². The van der Waals surface area contributed by atoms with Crippen molar-refractivity contribution in [3.05, 3.63) is 0 Å². The predicted octanol–water partition coefficient (Wildman–Crippen LogP) is 2.33. The molecule has 2 aliphatic rings. The second-order valence-corrected chi connectivity index (χ2v) is 6.00. The summed E-state index contributed by atoms with van der Waals surface area (Å²) in [5, 5.41) is 10.3. The molecule has 1 aliphatic carbocycles. The molecule has 1 aliphatic heterocycles. The number of carbonyl (C=O) groups is 2. The minimum absolute atomic E-state index is 0.0814. The van der Waals surface area contributed by atoms with E-state index in [0.717, 1.165) is 32.1 Å². The van der Waals surface area contributed by atoms with Gasteiger partial charge >= 0.3 is 5.97 Å². The minimum atomic E-state index is -0.905. The van der Waals surface area contributed by atoms with Crippen LogP contribution in [0.4, 0.5) is 0 Å². The largest absolute Gasteiger partial charge is 0.481 e. The first-order chi connectivity index (χ1) is 10.2. The molecule has 1 N–H and O–H groups in total. The van der Waals surface area contributed by atoms with Gasteiger partial charge in [-0.3, -0.25) is 9.59 Å². The summed E-state index contributed by atoms with van der Waals surface area (Å²) in [7, 11) is 0. The van der Waals surface area contributed by atoms with Crippen molar-refractivity contribution < 1.29 is 24.3 Å². The third kappa shape index (κ3) is 5.28. The molecular formula is C15H25NO5. The van der Waals surface area contributed by atoms with E-state index in [9.17, 15) is 9.59 Å². The molecule has 0 aromatic carbocycles. The summed E-state index contributed by atoms with van der Waals surface area (Å²) in [6.07, 6.45) is 8.14. The van der Waals surface area contributed by atoms with Crippen LogP contribution in [-0.2, 0) is 19.2 Å². The number of rotatable bonds is 8. The van der Waals surface area contributed by atoms with Crippen LogP contribution in [0.25, 0.3) is 0 Å². The highest BCUT2D eigenvalue weighted by Crippen LogP contribution is 2.31. The second kappa shape index (κ2) is 8.34. The molecule has 0 aromatic heterocycles. The smallest absolute Gasteiger partial charge is 0.305 e. The van der Waals surface area contributed by atoms with E-state index >= 15 is 0 Å². The monoisotopic (exact) mass is 299 g/mol. The van der Waals surface area contributed by atoms with Crippen molar-refractivity contribution in [2.75, 3.05) is 6.61 Å². The molecular weight excluding hydrogens is 274 g/mol. The number of hydrogen-bond acceptors (Lipinski definition) is 4. The molecule has 2 unspecified atom stereocenters. The van der Waals surface area contributed by atoms with Gasteiger partial charge in [-0.1, -0.05) is 25.7 Å². The van der Waals surface area contributed by atoms with Crippen LogP contribution in [-0.4, -0.2) is 41.5 Å². The molecule has 6 nitrogen and oxygen atoms in total. The van der Waals surface area contributed by atoms with Crippen LogP contribution in [0.15, 0.2) is 0 Å². The van der Waals surface area contributed by atoms with Crippen LogP contribution in [0.2, 0.25) is 0 Å². The number of amides is 1. The lowest BCUT2D eigenvalue weighted by molar-refractivity contribution is -0.287. The Labute approximate surface area is 125 Å². The van der Waals surface area contributed by atoms with Gasteiger partial charge in [0.25, 0.3) is 0 Å². The summed E-state index contributed by atoms with van der Waals surface area (Å²) in [5.41, 5.74) is 0. The van der Waals surface area contributed by atoms with E-state index in [4.69, 9.17) is 14.7 Å². The Balaban J connectivity index is 1.93. The lowest BCUT2D eigenvalue weighted by Gasteiger charge is -2.32. The highest BCUT2D eigenvalue weighted by molar-refractivity contribution is 5.68. The third-order valence-electron chi connectivity index (χ3n) is 4.33. The Hall–Kier alpha value is -1.14. The molecule has 0 radical (unpaired) electrons.